The average molecular weight is 554 g/mol. The summed E-state index contributed by atoms with van der Waals surface area (Å²) in [4.78, 5) is 19.6. The molecule has 0 spiro atoms. The lowest BCUT2D eigenvalue weighted by Gasteiger charge is -2.17. The fourth-order valence-corrected chi connectivity index (χ4v) is 4.33. The van der Waals surface area contributed by atoms with Crippen LogP contribution in [-0.2, 0) is 0 Å². The topological polar surface area (TPSA) is 117 Å². The van der Waals surface area contributed by atoms with E-state index in [9.17, 15) is 15.4 Å². The summed E-state index contributed by atoms with van der Waals surface area (Å²) in [6, 6.07) is 17.8. The molecule has 0 bridgehead atoms. The Morgan fingerprint density at radius 1 is 0.892 bits per heavy atom. The second kappa shape index (κ2) is 11.0. The maximum Gasteiger partial charge on any atom is 0.353 e. The van der Waals surface area contributed by atoms with E-state index in [0.717, 1.165) is 11.1 Å². The molecule has 0 aliphatic rings. The third kappa shape index (κ3) is 5.75. The summed E-state index contributed by atoms with van der Waals surface area (Å²) in [7, 11) is 0. The highest BCUT2D eigenvalue weighted by molar-refractivity contribution is 6.32. The van der Waals surface area contributed by atoms with Crippen molar-refractivity contribution < 1.29 is 4.92 Å². The van der Waals surface area contributed by atoms with Crippen molar-refractivity contribution in [2.75, 3.05) is 10.6 Å². The first-order valence-corrected chi connectivity index (χ1v) is 12.1. The molecule has 1 heterocycles. The Balaban J connectivity index is 1.70. The zero-order chi connectivity index (χ0) is 26.7. The number of nitrogens with one attached hydrogen (secondary N) is 2. The smallest absolute Gasteiger partial charge is 0.334 e. The van der Waals surface area contributed by atoms with Crippen LogP contribution in [0.25, 0.3) is 0 Å². The molecule has 8 nitrogen and oxygen atoms in total. The van der Waals surface area contributed by atoms with Gasteiger partial charge in [-0.05, 0) is 66.4 Å². The number of halogens is 3. The summed E-state index contributed by atoms with van der Waals surface area (Å²) < 4.78 is 0. The SMILES string of the molecule is Cc1ccc(Cl)cc1Nc1ncnc(Nc2cc(Cl)c(C(C#N)c3ccc(Cl)cc3)cc2C)c1[N+](=O)[O-]. The van der Waals surface area contributed by atoms with Gasteiger partial charge in [0, 0.05) is 26.4 Å². The Bertz CT molecular complexity index is 1540. The van der Waals surface area contributed by atoms with Crippen LogP contribution in [0.5, 0.6) is 0 Å². The molecule has 0 saturated carbocycles. The number of hydrogen-bond donors (Lipinski definition) is 2. The third-order valence-electron chi connectivity index (χ3n) is 5.70. The Morgan fingerprint density at radius 3 is 2.08 bits per heavy atom. The summed E-state index contributed by atoms with van der Waals surface area (Å²) in [6.45, 7) is 3.65. The maximum atomic E-state index is 12.0. The number of anilines is 4. The van der Waals surface area contributed by atoms with Crippen molar-refractivity contribution in [2.24, 2.45) is 0 Å². The molecule has 0 radical (unpaired) electrons. The van der Waals surface area contributed by atoms with Crippen LogP contribution in [0.3, 0.4) is 0 Å². The van der Waals surface area contributed by atoms with E-state index in [-0.39, 0.29) is 17.3 Å². The fourth-order valence-electron chi connectivity index (χ4n) is 3.76. The lowest BCUT2D eigenvalue weighted by molar-refractivity contribution is -0.383. The molecular weight excluding hydrogens is 535 g/mol. The molecule has 3 aromatic carbocycles. The zero-order valence-electron chi connectivity index (χ0n) is 19.6. The Hall–Kier alpha value is -3.90. The highest BCUT2D eigenvalue weighted by atomic mass is 35.5. The van der Waals surface area contributed by atoms with Gasteiger partial charge in [0.1, 0.15) is 6.33 Å². The quantitative estimate of drug-likeness (QED) is 0.175. The molecule has 11 heteroatoms. The maximum absolute atomic E-state index is 12.0. The van der Waals surface area contributed by atoms with Crippen LogP contribution >= 0.6 is 34.8 Å². The molecule has 0 amide bonds. The van der Waals surface area contributed by atoms with Gasteiger partial charge in [0.05, 0.1) is 16.9 Å². The van der Waals surface area contributed by atoms with E-state index in [1.807, 2.05) is 6.92 Å². The molecule has 0 fully saturated rings. The van der Waals surface area contributed by atoms with E-state index in [4.69, 9.17) is 34.8 Å². The number of hydrogen-bond acceptors (Lipinski definition) is 7. The molecule has 186 valence electrons. The highest BCUT2D eigenvalue weighted by Crippen LogP contribution is 2.38. The van der Waals surface area contributed by atoms with Crippen molar-refractivity contribution in [3.63, 3.8) is 0 Å². The van der Waals surface area contributed by atoms with E-state index < -0.39 is 10.8 Å². The molecule has 1 atom stereocenters. The van der Waals surface area contributed by atoms with Gasteiger partial charge in [0.15, 0.2) is 0 Å². The first-order chi connectivity index (χ1) is 17.7. The van der Waals surface area contributed by atoms with Crippen molar-refractivity contribution in [2.45, 2.75) is 19.8 Å². The van der Waals surface area contributed by atoms with E-state index in [0.29, 0.717) is 37.6 Å². The number of aromatic nitrogens is 2. The standard InChI is InChI=1S/C26H19Cl3N6O2/c1-14-3-6-18(28)10-22(14)33-25-24(35(36)37)26(32-13-31-25)34-23-11-21(29)19(9-15(23)2)20(12-30)16-4-7-17(27)8-5-16/h3-11,13,20H,1-2H3,(H2,31,32,33,34). The lowest BCUT2D eigenvalue weighted by Crippen LogP contribution is -2.07. The first-order valence-electron chi connectivity index (χ1n) is 10.9. The molecule has 0 aliphatic heterocycles. The van der Waals surface area contributed by atoms with Gasteiger partial charge in [-0.15, -0.1) is 0 Å². The van der Waals surface area contributed by atoms with Gasteiger partial charge in [-0.25, -0.2) is 9.97 Å². The second-order valence-corrected chi connectivity index (χ2v) is 9.47. The number of nitrogens with zero attached hydrogens (tertiary/aromatic N) is 4. The number of nitriles is 1. The van der Waals surface area contributed by atoms with E-state index in [1.165, 1.54) is 6.33 Å². The minimum Gasteiger partial charge on any atom is -0.334 e. The van der Waals surface area contributed by atoms with Crippen LogP contribution in [0, 0.1) is 35.3 Å². The van der Waals surface area contributed by atoms with Gasteiger partial charge in [-0.2, -0.15) is 5.26 Å². The van der Waals surface area contributed by atoms with E-state index in [2.05, 4.69) is 26.7 Å². The van der Waals surface area contributed by atoms with E-state index >= 15 is 0 Å². The minimum atomic E-state index is -0.623. The normalized spacial score (nSPS) is 11.5. The number of nitro groups is 1. The van der Waals surface area contributed by atoms with Crippen LogP contribution in [0.4, 0.5) is 28.7 Å². The molecule has 4 aromatic rings. The largest absolute Gasteiger partial charge is 0.353 e. The van der Waals surface area contributed by atoms with E-state index in [1.54, 1.807) is 61.5 Å². The summed E-state index contributed by atoms with van der Waals surface area (Å²) in [5.41, 5.74) is 3.61. The molecule has 1 aromatic heterocycles. The van der Waals surface area contributed by atoms with Crippen molar-refractivity contribution in [1.82, 2.24) is 9.97 Å². The summed E-state index contributed by atoms with van der Waals surface area (Å²) in [5, 5.41) is 29.2. The van der Waals surface area contributed by atoms with Crippen molar-refractivity contribution in [1.29, 1.82) is 5.26 Å². The van der Waals surface area contributed by atoms with Gasteiger partial charge in [0.25, 0.3) is 0 Å². The highest BCUT2D eigenvalue weighted by Gasteiger charge is 2.25. The fraction of sp³-hybridized carbons (Fsp3) is 0.115. The second-order valence-electron chi connectivity index (χ2n) is 8.19. The molecular formula is C26H19Cl3N6O2. The monoisotopic (exact) mass is 552 g/mol. The Morgan fingerprint density at radius 2 is 1.49 bits per heavy atom. The molecule has 1 unspecified atom stereocenters. The Labute approximate surface area is 228 Å². The molecule has 2 N–H and O–H groups in total. The molecule has 0 aliphatic carbocycles. The number of aryl methyl sites for hydroxylation is 2. The van der Waals surface area contributed by atoms with Gasteiger partial charge in [-0.1, -0.05) is 59.1 Å². The minimum absolute atomic E-state index is 0.000481. The van der Waals surface area contributed by atoms with Crippen LogP contribution in [0.15, 0.2) is 60.9 Å². The molecule has 0 saturated heterocycles. The lowest BCUT2D eigenvalue weighted by atomic mass is 9.91. The van der Waals surface area contributed by atoms with Gasteiger partial charge in [-0.3, -0.25) is 10.1 Å². The Kier molecular flexibility index (Phi) is 7.79. The summed E-state index contributed by atoms with van der Waals surface area (Å²) >= 11 is 18.7. The number of benzene rings is 3. The van der Waals surface area contributed by atoms with Gasteiger partial charge < -0.3 is 10.6 Å². The van der Waals surface area contributed by atoms with Gasteiger partial charge in [0.2, 0.25) is 11.6 Å². The van der Waals surface area contributed by atoms with Crippen LogP contribution in [-0.4, -0.2) is 14.9 Å². The van der Waals surface area contributed by atoms with Crippen molar-refractivity contribution in [3.05, 3.63) is 108 Å². The van der Waals surface area contributed by atoms with Crippen LogP contribution in [0.2, 0.25) is 15.1 Å². The number of rotatable bonds is 7. The van der Waals surface area contributed by atoms with Gasteiger partial charge >= 0.3 is 5.69 Å². The molecule has 4 rings (SSSR count). The third-order valence-corrected chi connectivity index (χ3v) is 6.51. The first kappa shape index (κ1) is 26.2. The van der Waals surface area contributed by atoms with Crippen LogP contribution < -0.4 is 10.6 Å². The summed E-state index contributed by atoms with van der Waals surface area (Å²) in [6.07, 6.45) is 1.22. The molecule has 37 heavy (non-hydrogen) atoms. The van der Waals surface area contributed by atoms with Crippen LogP contribution in [0.1, 0.15) is 28.2 Å². The van der Waals surface area contributed by atoms with Crippen molar-refractivity contribution >= 4 is 63.5 Å². The predicted octanol–water partition coefficient (Wildman–Crippen LogP) is 8.10. The zero-order valence-corrected chi connectivity index (χ0v) is 21.9. The average Bonchev–Trinajstić information content (AvgIpc) is 2.85. The predicted molar refractivity (Wildman–Crippen MR) is 147 cm³/mol. The van der Waals surface area contributed by atoms with Crippen molar-refractivity contribution in [3.8, 4) is 6.07 Å². The summed E-state index contributed by atoms with van der Waals surface area (Å²) in [5.74, 6) is -0.646.